The maximum absolute atomic E-state index is 11.4. The van der Waals surface area contributed by atoms with Crippen LogP contribution >= 0.6 is 0 Å². The molecule has 1 aromatic rings. The van der Waals surface area contributed by atoms with E-state index in [9.17, 15) is 19.8 Å². The lowest BCUT2D eigenvalue weighted by Crippen LogP contribution is -2.38. The van der Waals surface area contributed by atoms with Crippen LogP contribution in [0.2, 0.25) is 0 Å². The van der Waals surface area contributed by atoms with E-state index >= 15 is 0 Å². The normalized spacial score (nSPS) is 31.7. The zero-order valence-corrected chi connectivity index (χ0v) is 9.39. The molecule has 1 aliphatic rings. The first-order chi connectivity index (χ1) is 8.52. The number of H-pyrrole nitrogens is 1. The molecule has 18 heavy (non-hydrogen) atoms. The van der Waals surface area contributed by atoms with Crippen LogP contribution in [0.5, 0.6) is 0 Å². The molecule has 100 valence electrons. The molecule has 0 aliphatic carbocycles. The molecule has 1 saturated heterocycles. The first-order valence-electron chi connectivity index (χ1n) is 5.45. The zero-order valence-electron chi connectivity index (χ0n) is 9.39. The maximum Gasteiger partial charge on any atom is 0.328 e. The van der Waals surface area contributed by atoms with Gasteiger partial charge in [0.1, 0.15) is 24.4 Å². The van der Waals surface area contributed by atoms with Crippen LogP contribution in [0.4, 0.5) is 0 Å². The average Bonchev–Trinajstić information content (AvgIpc) is 2.60. The van der Waals surface area contributed by atoms with Crippen LogP contribution in [-0.2, 0) is 11.3 Å². The number of aliphatic hydroxyl groups excluding tert-OH is 3. The predicted octanol–water partition coefficient (Wildman–Crippen LogP) is -2.98. The Morgan fingerprint density at radius 3 is 2.50 bits per heavy atom. The summed E-state index contributed by atoms with van der Waals surface area (Å²) in [5, 5.41) is 28.1. The van der Waals surface area contributed by atoms with Gasteiger partial charge in [0.2, 0.25) is 0 Å². The lowest BCUT2D eigenvalue weighted by Gasteiger charge is -2.15. The lowest BCUT2D eigenvalue weighted by molar-refractivity contribution is -0.0269. The highest BCUT2D eigenvalue weighted by atomic mass is 16.6. The van der Waals surface area contributed by atoms with E-state index in [-0.39, 0.29) is 6.54 Å². The summed E-state index contributed by atoms with van der Waals surface area (Å²) in [6.07, 6.45) is -2.81. The Morgan fingerprint density at radius 2 is 1.94 bits per heavy atom. The topological polar surface area (TPSA) is 125 Å². The number of rotatable bonds is 3. The van der Waals surface area contributed by atoms with Gasteiger partial charge in [-0.1, -0.05) is 0 Å². The molecule has 0 bridgehead atoms. The van der Waals surface area contributed by atoms with Crippen molar-refractivity contribution in [2.24, 2.45) is 0 Å². The van der Waals surface area contributed by atoms with Crippen LogP contribution in [0.3, 0.4) is 0 Å². The Morgan fingerprint density at radius 1 is 1.28 bits per heavy atom. The molecule has 1 aliphatic heterocycles. The molecular formula is C10H14N2O6. The SMILES string of the molecule is O=c1ccn(C[C@@H]2O[C@H](CO)[C@@H](O)[C@H]2O)c(=O)[nH]1. The summed E-state index contributed by atoms with van der Waals surface area (Å²) >= 11 is 0. The fraction of sp³-hybridized carbons (Fsp3) is 0.600. The molecule has 4 N–H and O–H groups in total. The van der Waals surface area contributed by atoms with Crippen molar-refractivity contribution in [3.63, 3.8) is 0 Å². The first kappa shape index (κ1) is 13.0. The Hall–Kier alpha value is -1.48. The monoisotopic (exact) mass is 258 g/mol. The third-order valence-electron chi connectivity index (χ3n) is 2.91. The van der Waals surface area contributed by atoms with E-state index in [4.69, 9.17) is 9.84 Å². The van der Waals surface area contributed by atoms with Crippen LogP contribution in [0.15, 0.2) is 21.9 Å². The molecular weight excluding hydrogens is 244 g/mol. The molecule has 4 atom stereocenters. The van der Waals surface area contributed by atoms with Gasteiger partial charge in [0, 0.05) is 12.3 Å². The molecule has 0 spiro atoms. The molecule has 2 rings (SSSR count). The van der Waals surface area contributed by atoms with E-state index in [1.807, 2.05) is 0 Å². The van der Waals surface area contributed by atoms with Gasteiger partial charge in [0.05, 0.1) is 13.2 Å². The molecule has 0 saturated carbocycles. The van der Waals surface area contributed by atoms with E-state index in [2.05, 4.69) is 4.98 Å². The van der Waals surface area contributed by atoms with Crippen molar-refractivity contribution in [1.29, 1.82) is 0 Å². The van der Waals surface area contributed by atoms with Crippen LogP contribution in [0.1, 0.15) is 0 Å². The van der Waals surface area contributed by atoms with Gasteiger partial charge in [-0.05, 0) is 0 Å². The van der Waals surface area contributed by atoms with Crippen molar-refractivity contribution in [2.45, 2.75) is 31.0 Å². The number of hydrogen-bond donors (Lipinski definition) is 4. The second kappa shape index (κ2) is 5.02. The minimum Gasteiger partial charge on any atom is -0.394 e. The molecule has 1 aromatic heterocycles. The molecule has 0 unspecified atom stereocenters. The van der Waals surface area contributed by atoms with E-state index in [1.54, 1.807) is 0 Å². The maximum atomic E-state index is 11.4. The van der Waals surface area contributed by atoms with Gasteiger partial charge in [-0.25, -0.2) is 4.79 Å². The van der Waals surface area contributed by atoms with Gasteiger partial charge >= 0.3 is 5.69 Å². The number of aromatic nitrogens is 2. The van der Waals surface area contributed by atoms with Gasteiger partial charge in [-0.2, -0.15) is 0 Å². The number of nitrogens with one attached hydrogen (secondary N) is 1. The number of aromatic amines is 1. The number of ether oxygens (including phenoxy) is 1. The quantitative estimate of drug-likeness (QED) is 0.458. The summed E-state index contributed by atoms with van der Waals surface area (Å²) in [6, 6.07) is 1.17. The first-order valence-corrected chi connectivity index (χ1v) is 5.45. The van der Waals surface area contributed by atoms with Crippen molar-refractivity contribution in [1.82, 2.24) is 9.55 Å². The molecule has 0 radical (unpaired) electrons. The van der Waals surface area contributed by atoms with Crippen molar-refractivity contribution in [2.75, 3.05) is 6.61 Å². The fourth-order valence-corrected chi connectivity index (χ4v) is 1.91. The zero-order chi connectivity index (χ0) is 13.3. The third-order valence-corrected chi connectivity index (χ3v) is 2.91. The predicted molar refractivity (Wildman–Crippen MR) is 59.1 cm³/mol. The van der Waals surface area contributed by atoms with Crippen molar-refractivity contribution >= 4 is 0 Å². The Kier molecular flexibility index (Phi) is 3.62. The van der Waals surface area contributed by atoms with Gasteiger partial charge in [-0.3, -0.25) is 14.3 Å². The average molecular weight is 258 g/mol. The van der Waals surface area contributed by atoms with Crippen molar-refractivity contribution < 1.29 is 20.1 Å². The van der Waals surface area contributed by atoms with Crippen molar-refractivity contribution in [3.8, 4) is 0 Å². The highest BCUT2D eigenvalue weighted by molar-refractivity contribution is 4.92. The van der Waals surface area contributed by atoms with Crippen LogP contribution in [0, 0.1) is 0 Å². The second-order valence-corrected chi connectivity index (χ2v) is 4.14. The van der Waals surface area contributed by atoms with E-state index in [0.29, 0.717) is 0 Å². The number of hydrogen-bond acceptors (Lipinski definition) is 6. The van der Waals surface area contributed by atoms with Gasteiger partial charge in [-0.15, -0.1) is 0 Å². The van der Waals surface area contributed by atoms with Crippen LogP contribution < -0.4 is 11.2 Å². The molecule has 0 amide bonds. The summed E-state index contributed by atoms with van der Waals surface area (Å²) in [6.45, 7) is -0.445. The van der Waals surface area contributed by atoms with Crippen LogP contribution in [-0.4, -0.2) is 55.9 Å². The number of nitrogens with zero attached hydrogens (tertiary/aromatic N) is 1. The Balaban J connectivity index is 2.15. The summed E-state index contributed by atoms with van der Waals surface area (Å²) in [5.41, 5.74) is -1.14. The summed E-state index contributed by atoms with van der Waals surface area (Å²) in [4.78, 5) is 24.4. The summed E-state index contributed by atoms with van der Waals surface area (Å²) in [5.74, 6) is 0. The van der Waals surface area contributed by atoms with E-state index in [0.717, 1.165) is 4.57 Å². The summed E-state index contributed by atoms with van der Waals surface area (Å²) < 4.78 is 6.38. The highest BCUT2D eigenvalue weighted by Gasteiger charge is 2.42. The van der Waals surface area contributed by atoms with Crippen molar-refractivity contribution in [3.05, 3.63) is 33.1 Å². The lowest BCUT2D eigenvalue weighted by atomic mass is 10.1. The van der Waals surface area contributed by atoms with Crippen LogP contribution in [0.25, 0.3) is 0 Å². The molecule has 1 fully saturated rings. The highest BCUT2D eigenvalue weighted by Crippen LogP contribution is 2.21. The van der Waals surface area contributed by atoms with Gasteiger partial charge in [0.15, 0.2) is 0 Å². The van der Waals surface area contributed by atoms with E-state index < -0.39 is 42.3 Å². The molecule has 0 aromatic carbocycles. The number of aliphatic hydroxyl groups is 3. The van der Waals surface area contributed by atoms with Gasteiger partial charge < -0.3 is 20.1 Å². The molecule has 8 heteroatoms. The summed E-state index contributed by atoms with van der Waals surface area (Å²) in [7, 11) is 0. The largest absolute Gasteiger partial charge is 0.394 e. The fourth-order valence-electron chi connectivity index (χ4n) is 1.91. The minimum absolute atomic E-state index is 0.0235. The Bertz CT molecular complexity index is 524. The van der Waals surface area contributed by atoms with Gasteiger partial charge in [0.25, 0.3) is 5.56 Å². The molecule has 2 heterocycles. The third kappa shape index (κ3) is 2.36. The second-order valence-electron chi connectivity index (χ2n) is 4.14. The molecule has 8 nitrogen and oxygen atoms in total. The minimum atomic E-state index is -1.20. The van der Waals surface area contributed by atoms with E-state index in [1.165, 1.54) is 12.3 Å². The standard InChI is InChI=1S/C10H14N2O6/c13-4-6-9(16)8(15)5(18-6)3-12-2-1-7(14)11-10(12)17/h1-2,5-6,8-9,13,15-16H,3-4H2,(H,11,14,17)/t5-,6+,8-,9+/m0/s1. The smallest absolute Gasteiger partial charge is 0.328 e. The Labute approximate surface area is 101 Å².